The smallest absolute Gasteiger partial charge is 0.296 e. The Morgan fingerprint density at radius 3 is 2.35 bits per heavy atom. The number of aryl methyl sites for hydroxylation is 1. The largest absolute Gasteiger partial charge is 0.489 e. The number of ketones is 1. The third kappa shape index (κ3) is 5.36. The van der Waals surface area contributed by atoms with Gasteiger partial charge in [-0.05, 0) is 83.4 Å². The molecule has 0 amide bonds. The normalized spacial score (nSPS) is 24.4. The first kappa shape index (κ1) is 28.6. The number of benzene rings is 3. The molecule has 0 aliphatic heterocycles. The number of fused-ring (bicyclic) bond motifs is 3. The molecule has 1 saturated carbocycles. The van der Waals surface area contributed by atoms with E-state index in [4.69, 9.17) is 8.92 Å². The van der Waals surface area contributed by atoms with E-state index in [9.17, 15) is 13.2 Å². The summed E-state index contributed by atoms with van der Waals surface area (Å²) < 4.78 is 38.2. The van der Waals surface area contributed by atoms with E-state index >= 15 is 0 Å². The summed E-state index contributed by atoms with van der Waals surface area (Å²) in [4.78, 5) is 13.8. The van der Waals surface area contributed by atoms with Gasteiger partial charge in [-0.1, -0.05) is 82.1 Å². The van der Waals surface area contributed by atoms with E-state index in [0.717, 1.165) is 52.8 Å². The molecule has 3 atom stereocenters. The summed E-state index contributed by atoms with van der Waals surface area (Å²) in [6, 6.07) is 21.0. The zero-order valence-corrected chi connectivity index (χ0v) is 25.0. The molecular weight excluding hydrogens is 520 g/mol. The Kier molecular flexibility index (Phi) is 7.71. The Hall–Kier alpha value is -2.96. The van der Waals surface area contributed by atoms with Crippen LogP contribution >= 0.6 is 0 Å². The summed E-state index contributed by atoms with van der Waals surface area (Å²) in [7, 11) is -3.91. The molecule has 212 valence electrons. The van der Waals surface area contributed by atoms with Crippen LogP contribution < -0.4 is 4.74 Å². The summed E-state index contributed by atoms with van der Waals surface area (Å²) in [5.41, 5.74) is 4.15. The minimum absolute atomic E-state index is 0.0474. The lowest BCUT2D eigenvalue weighted by molar-refractivity contribution is -0.00522. The van der Waals surface area contributed by atoms with Crippen LogP contribution in [0, 0.1) is 18.3 Å². The second-order valence-corrected chi connectivity index (χ2v) is 14.1. The summed E-state index contributed by atoms with van der Waals surface area (Å²) in [5.74, 6) is 1.08. The lowest BCUT2D eigenvalue weighted by Crippen LogP contribution is -2.52. The monoisotopic (exact) mass is 560 g/mol. The molecule has 3 aromatic carbocycles. The first-order valence-electron chi connectivity index (χ1n) is 14.3. The van der Waals surface area contributed by atoms with Crippen LogP contribution in [0.25, 0.3) is 0 Å². The minimum Gasteiger partial charge on any atom is -0.489 e. The van der Waals surface area contributed by atoms with E-state index in [1.165, 1.54) is 0 Å². The van der Waals surface area contributed by atoms with Gasteiger partial charge >= 0.3 is 0 Å². The molecular formula is C34H40O5S. The number of rotatable bonds is 8. The van der Waals surface area contributed by atoms with Crippen LogP contribution in [0.4, 0.5) is 0 Å². The van der Waals surface area contributed by atoms with Crippen molar-refractivity contribution in [3.63, 3.8) is 0 Å². The first-order chi connectivity index (χ1) is 18.9. The second-order valence-electron chi connectivity index (χ2n) is 12.5. The minimum atomic E-state index is -3.91. The average Bonchev–Trinajstić information content (AvgIpc) is 2.93. The van der Waals surface area contributed by atoms with Crippen molar-refractivity contribution in [2.24, 2.45) is 11.3 Å². The summed E-state index contributed by atoms with van der Waals surface area (Å²) >= 11 is 0. The van der Waals surface area contributed by atoms with Crippen molar-refractivity contribution in [1.29, 1.82) is 0 Å². The van der Waals surface area contributed by atoms with Gasteiger partial charge in [0.15, 0.2) is 5.78 Å². The van der Waals surface area contributed by atoms with E-state index in [1.54, 1.807) is 24.3 Å². The molecule has 0 spiro atoms. The van der Waals surface area contributed by atoms with Crippen molar-refractivity contribution in [1.82, 2.24) is 0 Å². The average molecular weight is 561 g/mol. The molecule has 0 unspecified atom stereocenters. The van der Waals surface area contributed by atoms with Gasteiger partial charge in [-0.2, -0.15) is 8.42 Å². The number of carbonyl (C=O) groups is 1. The number of Topliss-reactive ketones (excluding diaryl/α,β-unsaturated/α-hetero) is 1. The fraction of sp³-hybridized carbons (Fsp3) is 0.441. The van der Waals surface area contributed by atoms with Crippen LogP contribution in [0.15, 0.2) is 71.6 Å². The van der Waals surface area contributed by atoms with Crippen LogP contribution in [-0.4, -0.2) is 20.8 Å². The molecule has 2 aliphatic rings. The molecule has 0 saturated heterocycles. The van der Waals surface area contributed by atoms with Crippen LogP contribution in [0.1, 0.15) is 91.9 Å². The van der Waals surface area contributed by atoms with E-state index in [0.29, 0.717) is 13.0 Å². The Bertz CT molecular complexity index is 1490. The molecule has 3 aromatic rings. The quantitative estimate of drug-likeness (QED) is 0.263. The summed E-state index contributed by atoms with van der Waals surface area (Å²) in [6.07, 6.45) is 3.05. The van der Waals surface area contributed by atoms with Gasteiger partial charge in [0.05, 0.1) is 11.5 Å². The van der Waals surface area contributed by atoms with Crippen LogP contribution in [0.5, 0.6) is 5.75 Å². The maximum Gasteiger partial charge on any atom is 0.296 e. The van der Waals surface area contributed by atoms with Gasteiger partial charge in [-0.25, -0.2) is 0 Å². The van der Waals surface area contributed by atoms with Crippen LogP contribution in [-0.2, 0) is 26.3 Å². The molecule has 40 heavy (non-hydrogen) atoms. The molecule has 0 N–H and O–H groups in total. The molecule has 2 aliphatic carbocycles. The fourth-order valence-corrected chi connectivity index (χ4v) is 7.87. The third-order valence-corrected chi connectivity index (χ3v) is 10.5. The maximum atomic E-state index is 13.7. The number of hydrogen-bond donors (Lipinski definition) is 0. The zero-order valence-electron chi connectivity index (χ0n) is 24.2. The molecule has 0 heterocycles. The second kappa shape index (κ2) is 10.8. The highest BCUT2D eigenvalue weighted by Gasteiger charge is 2.54. The Balaban J connectivity index is 1.47. The Morgan fingerprint density at radius 1 is 0.975 bits per heavy atom. The lowest BCUT2D eigenvalue weighted by atomic mass is 9.49. The highest BCUT2D eigenvalue weighted by Crippen LogP contribution is 2.58. The zero-order chi connectivity index (χ0) is 28.7. The lowest BCUT2D eigenvalue weighted by Gasteiger charge is -2.54. The SMILES string of the molecule is Cc1ccc(S(=O)(=O)OC[C@]2(C)CCC[C@]3(C)c4cc(OCc5ccccc5)c(C(C)C)cc4C(=O)C[C@@H]23)cc1. The van der Waals surface area contributed by atoms with Gasteiger partial charge in [0, 0.05) is 12.0 Å². The highest BCUT2D eigenvalue weighted by atomic mass is 32.2. The van der Waals surface area contributed by atoms with Crippen LogP contribution in [0.3, 0.4) is 0 Å². The van der Waals surface area contributed by atoms with Crippen molar-refractivity contribution in [3.8, 4) is 5.75 Å². The number of hydrogen-bond acceptors (Lipinski definition) is 5. The molecule has 5 nitrogen and oxygen atoms in total. The number of ether oxygens (including phenoxy) is 1. The maximum absolute atomic E-state index is 13.7. The van der Waals surface area contributed by atoms with Crippen molar-refractivity contribution in [3.05, 3.63) is 94.5 Å². The molecule has 6 heteroatoms. The molecule has 0 bridgehead atoms. The summed E-state index contributed by atoms with van der Waals surface area (Å²) in [5, 5.41) is 0. The van der Waals surface area contributed by atoms with Crippen molar-refractivity contribution in [2.75, 3.05) is 6.61 Å². The van der Waals surface area contributed by atoms with Gasteiger partial charge in [0.25, 0.3) is 10.1 Å². The van der Waals surface area contributed by atoms with E-state index < -0.39 is 15.5 Å². The Labute approximate surface area is 239 Å². The predicted molar refractivity (Wildman–Crippen MR) is 157 cm³/mol. The fourth-order valence-electron chi connectivity index (χ4n) is 6.84. The van der Waals surface area contributed by atoms with Gasteiger partial charge < -0.3 is 4.74 Å². The standard InChI is InChI=1S/C34H40O5S/c1-23(2)27-18-28-29(19-31(27)38-21-25-10-7-6-8-11-25)34(5)17-9-16-33(4,32(34)20-30(28)35)22-39-40(36,37)26-14-12-24(3)13-15-26/h6-8,10-15,18-19,23,32H,9,16-17,20-22H2,1-5H3/t32-,33-,34+/m0/s1. The van der Waals surface area contributed by atoms with E-state index in [-0.39, 0.29) is 34.5 Å². The predicted octanol–water partition coefficient (Wildman–Crippen LogP) is 7.75. The highest BCUT2D eigenvalue weighted by molar-refractivity contribution is 7.86. The Morgan fingerprint density at radius 2 is 1.68 bits per heavy atom. The van der Waals surface area contributed by atoms with Gasteiger partial charge in [0.2, 0.25) is 0 Å². The van der Waals surface area contributed by atoms with Gasteiger partial charge in [0.1, 0.15) is 12.4 Å². The molecule has 5 rings (SSSR count). The number of carbonyl (C=O) groups excluding carboxylic acids is 1. The van der Waals surface area contributed by atoms with E-state index in [2.05, 4.69) is 39.8 Å². The van der Waals surface area contributed by atoms with Crippen molar-refractivity contribution < 1.29 is 22.1 Å². The van der Waals surface area contributed by atoms with Gasteiger partial charge in [-0.3, -0.25) is 8.98 Å². The first-order valence-corrected chi connectivity index (χ1v) is 15.7. The van der Waals surface area contributed by atoms with E-state index in [1.807, 2.05) is 37.3 Å². The molecule has 0 radical (unpaired) electrons. The van der Waals surface area contributed by atoms with Gasteiger partial charge in [-0.15, -0.1) is 0 Å². The topological polar surface area (TPSA) is 69.7 Å². The van der Waals surface area contributed by atoms with Crippen molar-refractivity contribution in [2.45, 2.75) is 83.1 Å². The molecule has 1 fully saturated rings. The third-order valence-electron chi connectivity index (χ3n) is 9.22. The summed E-state index contributed by atoms with van der Waals surface area (Å²) in [6.45, 7) is 11.0. The van der Waals surface area contributed by atoms with Crippen LogP contribution in [0.2, 0.25) is 0 Å². The molecule has 0 aromatic heterocycles. The van der Waals surface area contributed by atoms with Crippen molar-refractivity contribution >= 4 is 15.9 Å².